The van der Waals surface area contributed by atoms with Crippen molar-refractivity contribution < 1.29 is 4.74 Å². The Morgan fingerprint density at radius 1 is 0.966 bits per heavy atom. The number of nitrogens with zero attached hydrogens (tertiary/aromatic N) is 1. The van der Waals surface area contributed by atoms with E-state index in [4.69, 9.17) is 4.74 Å². The van der Waals surface area contributed by atoms with Crippen LogP contribution in [0.25, 0.3) is 11.8 Å². The van der Waals surface area contributed by atoms with Crippen LogP contribution in [-0.4, -0.2) is 23.3 Å². The third-order valence-electron chi connectivity index (χ3n) is 5.48. The number of rotatable bonds is 12. The van der Waals surface area contributed by atoms with Crippen molar-refractivity contribution in [1.82, 2.24) is 9.97 Å². The van der Waals surface area contributed by atoms with Crippen LogP contribution < -0.4 is 15.4 Å². The number of H-pyrrole nitrogens is 2. The van der Waals surface area contributed by atoms with Crippen LogP contribution in [-0.2, 0) is 6.42 Å². The van der Waals surface area contributed by atoms with E-state index in [-0.39, 0.29) is 0 Å². The second-order valence-corrected chi connectivity index (χ2v) is 7.85. The van der Waals surface area contributed by atoms with Crippen LogP contribution in [0, 0.1) is 0 Å². The zero-order valence-electron chi connectivity index (χ0n) is 18.0. The summed E-state index contributed by atoms with van der Waals surface area (Å²) in [6, 6.07) is 6.34. The molecule has 0 unspecified atom stereocenters. The van der Waals surface area contributed by atoms with Gasteiger partial charge in [0.2, 0.25) is 0 Å². The van der Waals surface area contributed by atoms with E-state index in [0.29, 0.717) is 0 Å². The van der Waals surface area contributed by atoms with Crippen molar-refractivity contribution in [1.29, 1.82) is 0 Å². The lowest BCUT2D eigenvalue weighted by Crippen LogP contribution is -2.12. The van der Waals surface area contributed by atoms with Gasteiger partial charge in [0.1, 0.15) is 5.75 Å². The highest BCUT2D eigenvalue weighted by atomic mass is 16.5. The molecule has 2 aromatic rings. The van der Waals surface area contributed by atoms with Crippen LogP contribution in [0.4, 0.5) is 0 Å². The summed E-state index contributed by atoms with van der Waals surface area (Å²) in [5.74, 6) is 0.832. The highest BCUT2D eigenvalue weighted by Crippen LogP contribution is 2.12. The summed E-state index contributed by atoms with van der Waals surface area (Å²) < 4.78 is 5.53. The van der Waals surface area contributed by atoms with Gasteiger partial charge in [-0.3, -0.25) is 4.99 Å². The summed E-state index contributed by atoms with van der Waals surface area (Å²) in [6.45, 7) is 2.28. The van der Waals surface area contributed by atoms with Crippen LogP contribution in [0.15, 0.2) is 35.3 Å². The van der Waals surface area contributed by atoms with E-state index in [9.17, 15) is 0 Å². The van der Waals surface area contributed by atoms with Gasteiger partial charge in [-0.25, -0.2) is 0 Å². The fourth-order valence-electron chi connectivity index (χ4n) is 3.80. The molecule has 0 aliphatic carbocycles. The summed E-state index contributed by atoms with van der Waals surface area (Å²) in [5.41, 5.74) is 3.33. The second kappa shape index (κ2) is 11.5. The van der Waals surface area contributed by atoms with Crippen molar-refractivity contribution in [3.63, 3.8) is 0 Å². The minimum Gasteiger partial charge on any atom is -0.494 e. The molecule has 156 valence electrons. The summed E-state index contributed by atoms with van der Waals surface area (Å²) in [6.07, 6.45) is 21.2. The van der Waals surface area contributed by atoms with Gasteiger partial charge in [-0.05, 0) is 43.2 Å². The minimum atomic E-state index is 0.832. The first kappa shape index (κ1) is 21.2. The zero-order valence-corrected chi connectivity index (χ0v) is 18.0. The SMILES string of the molecule is CCCCCCCCCCCc1ccc(C=c2[nH]c(=C3C=CC=N3)cc2OC)[nH]1. The number of aromatic nitrogens is 2. The van der Waals surface area contributed by atoms with Crippen molar-refractivity contribution in [3.8, 4) is 5.75 Å². The second-order valence-electron chi connectivity index (χ2n) is 7.85. The predicted octanol–water partition coefficient (Wildman–Crippen LogP) is 5.00. The van der Waals surface area contributed by atoms with Gasteiger partial charge in [0.15, 0.2) is 0 Å². The largest absolute Gasteiger partial charge is 0.494 e. The Labute approximate surface area is 174 Å². The average Bonchev–Trinajstić information content (AvgIpc) is 3.48. The maximum atomic E-state index is 5.53. The third kappa shape index (κ3) is 6.52. The normalized spacial score (nSPS) is 15.6. The van der Waals surface area contributed by atoms with Crippen LogP contribution >= 0.6 is 0 Å². The van der Waals surface area contributed by atoms with Crippen molar-refractivity contribution in [2.24, 2.45) is 4.99 Å². The number of nitrogens with one attached hydrogen (secondary N) is 2. The first-order valence-electron chi connectivity index (χ1n) is 11.2. The van der Waals surface area contributed by atoms with Crippen LogP contribution in [0.5, 0.6) is 5.75 Å². The van der Waals surface area contributed by atoms with Gasteiger partial charge >= 0.3 is 0 Å². The average molecular weight is 394 g/mol. The Morgan fingerprint density at radius 2 is 1.72 bits per heavy atom. The molecular weight excluding hydrogens is 358 g/mol. The van der Waals surface area contributed by atoms with Gasteiger partial charge in [-0.2, -0.15) is 0 Å². The smallest absolute Gasteiger partial charge is 0.144 e. The maximum absolute atomic E-state index is 5.53. The molecular formula is C25H35N3O. The lowest BCUT2D eigenvalue weighted by atomic mass is 10.1. The van der Waals surface area contributed by atoms with Crippen LogP contribution in [0.2, 0.25) is 0 Å². The number of allylic oxidation sites excluding steroid dienone is 1. The molecule has 0 saturated heterocycles. The quantitative estimate of drug-likeness (QED) is 0.490. The first-order chi connectivity index (χ1) is 14.3. The van der Waals surface area contributed by atoms with E-state index < -0.39 is 0 Å². The summed E-state index contributed by atoms with van der Waals surface area (Å²) in [4.78, 5) is 11.3. The molecule has 4 heteroatoms. The molecule has 0 bridgehead atoms. The van der Waals surface area contributed by atoms with Gasteiger partial charge in [0.25, 0.3) is 0 Å². The van der Waals surface area contributed by atoms with E-state index in [2.05, 4.69) is 40.1 Å². The Morgan fingerprint density at radius 3 is 2.41 bits per heavy atom. The highest BCUT2D eigenvalue weighted by Gasteiger charge is 2.04. The van der Waals surface area contributed by atoms with Gasteiger partial charge in [0, 0.05) is 23.7 Å². The van der Waals surface area contributed by atoms with E-state index in [0.717, 1.165) is 34.3 Å². The standard InChI is InChI=1S/C25H35N3O/c1-3-4-5-6-7-8-9-10-11-13-20-15-16-21(27-20)18-24-25(29-2)19-23(28-24)22-14-12-17-26-22/h12,14-19,27-28H,3-11,13H2,1-2H3. The van der Waals surface area contributed by atoms with Crippen LogP contribution in [0.1, 0.15) is 76.1 Å². The predicted molar refractivity (Wildman–Crippen MR) is 123 cm³/mol. The van der Waals surface area contributed by atoms with Crippen molar-refractivity contribution in [2.75, 3.05) is 7.11 Å². The molecule has 3 heterocycles. The van der Waals surface area contributed by atoms with Crippen molar-refractivity contribution >= 4 is 18.0 Å². The molecule has 2 aromatic heterocycles. The molecule has 4 nitrogen and oxygen atoms in total. The monoisotopic (exact) mass is 393 g/mol. The number of ether oxygens (including phenoxy) is 1. The first-order valence-corrected chi connectivity index (χ1v) is 11.2. The third-order valence-corrected chi connectivity index (χ3v) is 5.48. The Balaban J connectivity index is 1.50. The van der Waals surface area contributed by atoms with E-state index in [1.165, 1.54) is 63.5 Å². The van der Waals surface area contributed by atoms with E-state index in [1.54, 1.807) is 13.3 Å². The number of aliphatic imine (C=N–C) groups is 1. The van der Waals surface area contributed by atoms with E-state index >= 15 is 0 Å². The topological polar surface area (TPSA) is 53.2 Å². The van der Waals surface area contributed by atoms with Crippen molar-refractivity contribution in [3.05, 3.63) is 52.4 Å². The molecule has 0 saturated carbocycles. The Bertz CT molecular complexity index is 916. The fraction of sp³-hybridized carbons (Fsp3) is 0.480. The number of hydrogen-bond acceptors (Lipinski definition) is 2. The van der Waals surface area contributed by atoms with Gasteiger partial charge in [-0.15, -0.1) is 0 Å². The zero-order chi connectivity index (χ0) is 20.3. The Kier molecular flexibility index (Phi) is 8.41. The molecule has 0 fully saturated rings. The number of aromatic amines is 2. The van der Waals surface area contributed by atoms with Gasteiger partial charge in [0.05, 0.1) is 23.5 Å². The van der Waals surface area contributed by atoms with Crippen LogP contribution in [0.3, 0.4) is 0 Å². The summed E-state index contributed by atoms with van der Waals surface area (Å²) in [5, 5.41) is 1.93. The molecule has 1 aliphatic rings. The molecule has 29 heavy (non-hydrogen) atoms. The lowest BCUT2D eigenvalue weighted by molar-refractivity contribution is 0.412. The van der Waals surface area contributed by atoms with Gasteiger partial charge in [-0.1, -0.05) is 58.3 Å². The molecule has 0 aromatic carbocycles. The lowest BCUT2D eigenvalue weighted by Gasteiger charge is -2.01. The molecule has 0 atom stereocenters. The summed E-state index contributed by atoms with van der Waals surface area (Å²) >= 11 is 0. The number of aryl methyl sites for hydroxylation is 1. The highest BCUT2D eigenvalue weighted by molar-refractivity contribution is 5.85. The number of hydrogen-bond donors (Lipinski definition) is 2. The molecule has 0 radical (unpaired) electrons. The minimum absolute atomic E-state index is 0.832. The van der Waals surface area contributed by atoms with Gasteiger partial charge < -0.3 is 14.7 Å². The fourth-order valence-corrected chi connectivity index (χ4v) is 3.80. The molecule has 0 spiro atoms. The maximum Gasteiger partial charge on any atom is 0.144 e. The molecule has 1 aliphatic heterocycles. The number of methoxy groups -OCH3 is 1. The summed E-state index contributed by atoms with van der Waals surface area (Å²) in [7, 11) is 1.70. The van der Waals surface area contributed by atoms with E-state index in [1.807, 2.05) is 18.2 Å². The van der Waals surface area contributed by atoms with Crippen molar-refractivity contribution in [2.45, 2.75) is 71.1 Å². The number of unbranched alkanes of at least 4 members (excludes halogenated alkanes) is 8. The molecule has 0 amide bonds. The molecule has 2 N–H and O–H groups in total. The Hall–Kier alpha value is -2.49. The molecule has 3 rings (SSSR count).